The Bertz CT molecular complexity index is 837. The fourth-order valence-electron chi connectivity index (χ4n) is 3.11. The van der Waals surface area contributed by atoms with E-state index in [-0.39, 0.29) is 12.2 Å². The van der Waals surface area contributed by atoms with Crippen molar-refractivity contribution in [1.29, 1.82) is 0 Å². The molecule has 1 amide bonds. The normalized spacial score (nSPS) is 19.2. The molecule has 6 heteroatoms. The largest absolute Gasteiger partial charge is 0.375 e. The van der Waals surface area contributed by atoms with Crippen molar-refractivity contribution < 1.29 is 14.7 Å². The zero-order valence-electron chi connectivity index (χ0n) is 13.6. The van der Waals surface area contributed by atoms with Crippen LogP contribution in [0, 0.1) is 0 Å². The molecule has 1 N–H and O–H groups in total. The molecule has 25 heavy (non-hydrogen) atoms. The van der Waals surface area contributed by atoms with E-state index in [0.717, 1.165) is 10.9 Å². The number of Topliss-reactive ketones (excluding diaryl/α,β-unsaturated/α-hetero) is 1. The molecule has 2 aromatic rings. The van der Waals surface area contributed by atoms with Crippen molar-refractivity contribution in [3.8, 4) is 0 Å². The van der Waals surface area contributed by atoms with Crippen LogP contribution >= 0.6 is 27.5 Å². The first kappa shape index (κ1) is 18.1. The SMILES string of the molecule is CCCN1C(=O)[C@](O)(CC(=O)c2ccc(Br)cc2)c2cc(Cl)ccc21. The van der Waals surface area contributed by atoms with Crippen LogP contribution in [0.3, 0.4) is 0 Å². The van der Waals surface area contributed by atoms with Gasteiger partial charge in [-0.15, -0.1) is 0 Å². The van der Waals surface area contributed by atoms with Gasteiger partial charge in [0.15, 0.2) is 11.4 Å². The summed E-state index contributed by atoms with van der Waals surface area (Å²) in [6, 6.07) is 11.8. The Morgan fingerprint density at radius 2 is 1.92 bits per heavy atom. The minimum absolute atomic E-state index is 0.298. The lowest BCUT2D eigenvalue weighted by atomic mass is 9.88. The van der Waals surface area contributed by atoms with Gasteiger partial charge in [0.1, 0.15) is 0 Å². The number of anilines is 1. The Labute approximate surface area is 159 Å². The Balaban J connectivity index is 1.99. The van der Waals surface area contributed by atoms with Crippen LogP contribution in [-0.4, -0.2) is 23.3 Å². The minimum Gasteiger partial charge on any atom is -0.375 e. The summed E-state index contributed by atoms with van der Waals surface area (Å²) < 4.78 is 0.853. The van der Waals surface area contributed by atoms with Gasteiger partial charge in [-0.1, -0.05) is 46.6 Å². The standard InChI is InChI=1S/C19H17BrClNO3/c1-2-9-22-16-8-7-14(21)10-15(16)19(25,18(22)24)11-17(23)12-3-5-13(20)6-4-12/h3-8,10,25H,2,9,11H2,1H3/t19-/m0/s1. The van der Waals surface area contributed by atoms with Crippen molar-refractivity contribution in [2.75, 3.05) is 11.4 Å². The third kappa shape index (κ3) is 3.24. The third-order valence-corrected chi connectivity index (χ3v) is 5.09. The molecule has 0 radical (unpaired) electrons. The maximum Gasteiger partial charge on any atom is 0.264 e. The van der Waals surface area contributed by atoms with Gasteiger partial charge in [0.05, 0.1) is 12.1 Å². The van der Waals surface area contributed by atoms with Gasteiger partial charge in [0, 0.05) is 27.2 Å². The fraction of sp³-hybridized carbons (Fsp3) is 0.263. The van der Waals surface area contributed by atoms with Crippen LogP contribution in [0.5, 0.6) is 0 Å². The molecule has 0 aromatic heterocycles. The third-order valence-electron chi connectivity index (χ3n) is 4.32. The number of amides is 1. The zero-order valence-corrected chi connectivity index (χ0v) is 16.0. The number of rotatable bonds is 5. The first-order valence-corrected chi connectivity index (χ1v) is 9.17. The van der Waals surface area contributed by atoms with E-state index in [1.54, 1.807) is 42.5 Å². The summed E-state index contributed by atoms with van der Waals surface area (Å²) in [4.78, 5) is 27.1. The average Bonchev–Trinajstić information content (AvgIpc) is 2.77. The van der Waals surface area contributed by atoms with E-state index >= 15 is 0 Å². The molecule has 2 aromatic carbocycles. The van der Waals surface area contributed by atoms with E-state index in [4.69, 9.17) is 11.6 Å². The van der Waals surface area contributed by atoms with E-state index in [9.17, 15) is 14.7 Å². The molecule has 130 valence electrons. The van der Waals surface area contributed by atoms with Gasteiger partial charge in [-0.05, 0) is 36.8 Å². The number of fused-ring (bicyclic) bond motifs is 1. The first-order chi connectivity index (χ1) is 11.9. The number of carbonyl (C=O) groups excluding carboxylic acids is 2. The Kier molecular flexibility index (Phi) is 5.00. The quantitative estimate of drug-likeness (QED) is 0.730. The molecule has 0 aliphatic carbocycles. The van der Waals surface area contributed by atoms with Crippen molar-refractivity contribution in [1.82, 2.24) is 0 Å². The monoisotopic (exact) mass is 421 g/mol. The summed E-state index contributed by atoms with van der Waals surface area (Å²) in [6.45, 7) is 2.43. The lowest BCUT2D eigenvalue weighted by molar-refractivity contribution is -0.135. The maximum absolute atomic E-state index is 12.9. The summed E-state index contributed by atoms with van der Waals surface area (Å²) in [7, 11) is 0. The number of ketones is 1. The highest BCUT2D eigenvalue weighted by atomic mass is 79.9. The summed E-state index contributed by atoms with van der Waals surface area (Å²) in [5.74, 6) is -0.773. The van der Waals surface area contributed by atoms with Gasteiger partial charge in [-0.25, -0.2) is 0 Å². The van der Waals surface area contributed by atoms with E-state index < -0.39 is 11.5 Å². The fourth-order valence-corrected chi connectivity index (χ4v) is 3.55. The van der Waals surface area contributed by atoms with Crippen molar-refractivity contribution in [2.45, 2.75) is 25.4 Å². The summed E-state index contributed by atoms with van der Waals surface area (Å²) in [5, 5.41) is 11.6. The van der Waals surface area contributed by atoms with Crippen LogP contribution in [0.2, 0.25) is 5.02 Å². The number of hydrogen-bond donors (Lipinski definition) is 1. The molecule has 1 heterocycles. The average molecular weight is 423 g/mol. The van der Waals surface area contributed by atoms with E-state index in [2.05, 4.69) is 15.9 Å². The van der Waals surface area contributed by atoms with Crippen LogP contribution in [0.1, 0.15) is 35.7 Å². The number of aliphatic hydroxyl groups is 1. The molecule has 3 rings (SSSR count). The van der Waals surface area contributed by atoms with Crippen LogP contribution in [0.15, 0.2) is 46.9 Å². The molecule has 1 atom stereocenters. The zero-order chi connectivity index (χ0) is 18.2. The first-order valence-electron chi connectivity index (χ1n) is 8.00. The molecule has 4 nitrogen and oxygen atoms in total. The van der Waals surface area contributed by atoms with Crippen molar-refractivity contribution in [3.63, 3.8) is 0 Å². The highest BCUT2D eigenvalue weighted by Gasteiger charge is 2.50. The highest BCUT2D eigenvalue weighted by Crippen LogP contribution is 2.44. The van der Waals surface area contributed by atoms with Gasteiger partial charge in [-0.3, -0.25) is 9.59 Å². The number of benzene rings is 2. The predicted molar refractivity (Wildman–Crippen MR) is 101 cm³/mol. The van der Waals surface area contributed by atoms with E-state index in [1.807, 2.05) is 6.92 Å². The van der Waals surface area contributed by atoms with Crippen LogP contribution in [0.25, 0.3) is 0 Å². The van der Waals surface area contributed by atoms with Gasteiger partial charge in [-0.2, -0.15) is 0 Å². The lowest BCUT2D eigenvalue weighted by Crippen LogP contribution is -2.42. The summed E-state index contributed by atoms with van der Waals surface area (Å²) in [5.41, 5.74) is -0.437. The molecule has 1 aliphatic heterocycles. The summed E-state index contributed by atoms with van der Waals surface area (Å²) >= 11 is 9.38. The second kappa shape index (κ2) is 6.90. The maximum atomic E-state index is 12.9. The second-order valence-corrected chi connectivity index (χ2v) is 7.44. The van der Waals surface area contributed by atoms with Crippen LogP contribution in [-0.2, 0) is 10.4 Å². The molecule has 0 saturated carbocycles. The van der Waals surface area contributed by atoms with E-state index in [1.165, 1.54) is 4.90 Å². The molecule has 0 saturated heterocycles. The van der Waals surface area contributed by atoms with Gasteiger partial charge < -0.3 is 10.0 Å². The number of nitrogens with zero attached hydrogens (tertiary/aromatic N) is 1. The van der Waals surface area contributed by atoms with Crippen LogP contribution < -0.4 is 4.90 Å². The Morgan fingerprint density at radius 3 is 2.56 bits per heavy atom. The van der Waals surface area contributed by atoms with Crippen molar-refractivity contribution in [3.05, 3.63) is 63.1 Å². The summed E-state index contributed by atoms with van der Waals surface area (Å²) in [6.07, 6.45) is 0.422. The lowest BCUT2D eigenvalue weighted by Gasteiger charge is -2.22. The second-order valence-electron chi connectivity index (χ2n) is 6.09. The molecule has 0 spiro atoms. The Hall–Kier alpha value is -1.69. The van der Waals surface area contributed by atoms with Gasteiger partial charge in [0.2, 0.25) is 0 Å². The molecule has 0 fully saturated rings. The van der Waals surface area contributed by atoms with Crippen molar-refractivity contribution >= 4 is 44.9 Å². The van der Waals surface area contributed by atoms with Crippen molar-refractivity contribution in [2.24, 2.45) is 0 Å². The molecule has 1 aliphatic rings. The van der Waals surface area contributed by atoms with Gasteiger partial charge in [0.25, 0.3) is 5.91 Å². The topological polar surface area (TPSA) is 57.6 Å². The molecule has 0 unspecified atom stereocenters. The molecular formula is C19H17BrClNO3. The molecular weight excluding hydrogens is 406 g/mol. The smallest absolute Gasteiger partial charge is 0.264 e. The van der Waals surface area contributed by atoms with Crippen LogP contribution in [0.4, 0.5) is 5.69 Å². The minimum atomic E-state index is -1.89. The highest BCUT2D eigenvalue weighted by molar-refractivity contribution is 9.10. The number of carbonyl (C=O) groups is 2. The van der Waals surface area contributed by atoms with E-state index in [0.29, 0.717) is 28.4 Å². The number of halogens is 2. The predicted octanol–water partition coefficient (Wildman–Crippen LogP) is 4.32. The molecule has 0 bridgehead atoms. The Morgan fingerprint density at radius 1 is 1.24 bits per heavy atom. The van der Waals surface area contributed by atoms with Gasteiger partial charge >= 0.3 is 0 Å². The number of hydrogen-bond acceptors (Lipinski definition) is 3.